The van der Waals surface area contributed by atoms with Gasteiger partial charge in [-0.25, -0.2) is 0 Å². The molecule has 0 spiro atoms. The van der Waals surface area contributed by atoms with Crippen molar-refractivity contribution in [2.24, 2.45) is 0 Å². The van der Waals surface area contributed by atoms with E-state index in [1.807, 2.05) is 56.3 Å². The lowest BCUT2D eigenvalue weighted by atomic mass is 10.1. The van der Waals surface area contributed by atoms with Gasteiger partial charge in [0.2, 0.25) is 0 Å². The molecule has 110 valence electrons. The van der Waals surface area contributed by atoms with Crippen LogP contribution in [0.3, 0.4) is 0 Å². The zero-order chi connectivity index (χ0) is 15.3. The standard InChI is InChI=1S/C18H15NO3/c1-11-7-14-9-12(2)21-18(14)15(8-11)19-17(20)10-13-5-3-4-6-16(13)22-19/h3-9H,10H2,1-2H3. The summed E-state index contributed by atoms with van der Waals surface area (Å²) in [6.45, 7) is 3.89. The molecule has 0 bridgehead atoms. The SMILES string of the molecule is Cc1cc(N2Oc3ccccc3CC2=O)c2oc(C)cc2c1. The lowest BCUT2D eigenvalue weighted by Crippen LogP contribution is -2.39. The zero-order valence-electron chi connectivity index (χ0n) is 12.4. The molecule has 0 radical (unpaired) electrons. The third-order valence-electron chi connectivity index (χ3n) is 3.81. The summed E-state index contributed by atoms with van der Waals surface area (Å²) in [6, 6.07) is 13.5. The van der Waals surface area contributed by atoms with E-state index in [9.17, 15) is 4.79 Å². The van der Waals surface area contributed by atoms with E-state index in [-0.39, 0.29) is 5.91 Å². The maximum atomic E-state index is 12.5. The molecule has 0 unspecified atom stereocenters. The molecule has 1 aliphatic rings. The second kappa shape index (κ2) is 4.63. The van der Waals surface area contributed by atoms with Gasteiger partial charge in [-0.3, -0.25) is 4.79 Å². The van der Waals surface area contributed by atoms with E-state index in [4.69, 9.17) is 9.25 Å². The minimum atomic E-state index is -0.0975. The number of fused-ring (bicyclic) bond motifs is 2. The van der Waals surface area contributed by atoms with Crippen molar-refractivity contribution in [1.82, 2.24) is 0 Å². The molecule has 1 aromatic heterocycles. The van der Waals surface area contributed by atoms with Gasteiger partial charge in [0.1, 0.15) is 11.4 Å². The van der Waals surface area contributed by atoms with Gasteiger partial charge in [0.15, 0.2) is 11.3 Å². The number of hydrogen-bond acceptors (Lipinski definition) is 3. The van der Waals surface area contributed by atoms with Crippen LogP contribution in [0.1, 0.15) is 16.9 Å². The number of aryl methyl sites for hydroxylation is 2. The van der Waals surface area contributed by atoms with Crippen molar-refractivity contribution in [2.75, 3.05) is 5.06 Å². The maximum Gasteiger partial charge on any atom is 0.264 e. The van der Waals surface area contributed by atoms with Crippen LogP contribution in [0, 0.1) is 13.8 Å². The summed E-state index contributed by atoms with van der Waals surface area (Å²) in [7, 11) is 0. The number of furan rings is 1. The second-order valence-corrected chi connectivity index (χ2v) is 5.62. The molecule has 0 aliphatic carbocycles. The monoisotopic (exact) mass is 293 g/mol. The first-order chi connectivity index (χ1) is 10.6. The molecule has 1 amide bonds. The Bertz CT molecular complexity index is 894. The number of amides is 1. The summed E-state index contributed by atoms with van der Waals surface area (Å²) in [5.74, 6) is 1.42. The van der Waals surface area contributed by atoms with Crippen molar-refractivity contribution in [3.8, 4) is 5.75 Å². The molecule has 0 atom stereocenters. The normalized spacial score (nSPS) is 14.1. The Morgan fingerprint density at radius 1 is 1.09 bits per heavy atom. The van der Waals surface area contributed by atoms with Crippen LogP contribution in [0.25, 0.3) is 11.0 Å². The number of nitrogens with zero attached hydrogens (tertiary/aromatic N) is 1. The number of para-hydroxylation sites is 1. The van der Waals surface area contributed by atoms with Crippen molar-refractivity contribution in [2.45, 2.75) is 20.3 Å². The molecular formula is C18H15NO3. The fraction of sp³-hybridized carbons (Fsp3) is 0.167. The van der Waals surface area contributed by atoms with Crippen LogP contribution in [-0.4, -0.2) is 5.91 Å². The Morgan fingerprint density at radius 2 is 1.91 bits per heavy atom. The number of benzene rings is 2. The van der Waals surface area contributed by atoms with Crippen molar-refractivity contribution in [3.63, 3.8) is 0 Å². The summed E-state index contributed by atoms with van der Waals surface area (Å²) in [6.07, 6.45) is 0.325. The molecular weight excluding hydrogens is 278 g/mol. The summed E-state index contributed by atoms with van der Waals surface area (Å²) in [5, 5.41) is 2.32. The summed E-state index contributed by atoms with van der Waals surface area (Å²) >= 11 is 0. The summed E-state index contributed by atoms with van der Waals surface area (Å²) in [5.41, 5.74) is 3.29. The lowest BCUT2D eigenvalue weighted by molar-refractivity contribution is -0.123. The van der Waals surface area contributed by atoms with Gasteiger partial charge in [-0.05, 0) is 43.7 Å². The Morgan fingerprint density at radius 3 is 2.77 bits per heavy atom. The van der Waals surface area contributed by atoms with E-state index < -0.39 is 0 Å². The van der Waals surface area contributed by atoms with Gasteiger partial charge in [0.05, 0.1) is 6.42 Å². The van der Waals surface area contributed by atoms with Crippen LogP contribution in [0.4, 0.5) is 5.69 Å². The van der Waals surface area contributed by atoms with Crippen molar-refractivity contribution in [3.05, 3.63) is 59.4 Å². The van der Waals surface area contributed by atoms with Gasteiger partial charge in [-0.15, -0.1) is 5.06 Å². The van der Waals surface area contributed by atoms with E-state index in [1.54, 1.807) is 0 Å². The van der Waals surface area contributed by atoms with Gasteiger partial charge in [0, 0.05) is 10.9 Å². The smallest absolute Gasteiger partial charge is 0.264 e. The fourth-order valence-electron chi connectivity index (χ4n) is 2.87. The summed E-state index contributed by atoms with van der Waals surface area (Å²) < 4.78 is 5.77. The first-order valence-electron chi connectivity index (χ1n) is 7.21. The molecule has 4 heteroatoms. The molecule has 0 saturated heterocycles. The highest BCUT2D eigenvalue weighted by atomic mass is 16.7. The van der Waals surface area contributed by atoms with Crippen LogP contribution < -0.4 is 9.90 Å². The van der Waals surface area contributed by atoms with Gasteiger partial charge in [-0.1, -0.05) is 18.2 Å². The number of hydrogen-bond donors (Lipinski definition) is 0. The highest BCUT2D eigenvalue weighted by molar-refractivity contribution is 6.02. The Balaban J connectivity index is 1.87. The Kier molecular flexibility index (Phi) is 2.73. The number of carbonyl (C=O) groups excluding carboxylic acids is 1. The molecule has 2 aromatic carbocycles. The average molecular weight is 293 g/mol. The molecule has 3 aromatic rings. The van der Waals surface area contributed by atoms with E-state index in [0.29, 0.717) is 23.4 Å². The first-order valence-corrected chi connectivity index (χ1v) is 7.21. The zero-order valence-corrected chi connectivity index (χ0v) is 12.4. The second-order valence-electron chi connectivity index (χ2n) is 5.62. The number of rotatable bonds is 1. The molecule has 4 rings (SSSR count). The van der Waals surface area contributed by atoms with Crippen LogP contribution >= 0.6 is 0 Å². The van der Waals surface area contributed by atoms with E-state index in [2.05, 4.69) is 0 Å². The minimum Gasteiger partial charge on any atom is -0.459 e. The van der Waals surface area contributed by atoms with Crippen LogP contribution in [-0.2, 0) is 11.2 Å². The highest BCUT2D eigenvalue weighted by Gasteiger charge is 2.28. The number of hydroxylamine groups is 1. The lowest BCUT2D eigenvalue weighted by Gasteiger charge is -2.28. The van der Waals surface area contributed by atoms with E-state index in [1.165, 1.54) is 5.06 Å². The number of anilines is 1. The number of carbonyl (C=O) groups is 1. The Labute approximate surface area is 127 Å². The Hall–Kier alpha value is -2.75. The van der Waals surface area contributed by atoms with Gasteiger partial charge in [0.25, 0.3) is 5.91 Å². The van der Waals surface area contributed by atoms with Gasteiger partial charge < -0.3 is 9.25 Å². The average Bonchev–Trinajstić information content (AvgIpc) is 2.85. The summed E-state index contributed by atoms with van der Waals surface area (Å²) in [4.78, 5) is 18.3. The van der Waals surface area contributed by atoms with Crippen molar-refractivity contribution >= 4 is 22.6 Å². The molecule has 2 heterocycles. The molecule has 0 fully saturated rings. The minimum absolute atomic E-state index is 0.0975. The highest BCUT2D eigenvalue weighted by Crippen LogP contribution is 2.35. The van der Waals surface area contributed by atoms with Crippen LogP contribution in [0.15, 0.2) is 46.9 Å². The fourth-order valence-corrected chi connectivity index (χ4v) is 2.87. The predicted molar refractivity (Wildman–Crippen MR) is 83.9 cm³/mol. The van der Waals surface area contributed by atoms with Crippen molar-refractivity contribution in [1.29, 1.82) is 0 Å². The molecule has 1 aliphatic heterocycles. The quantitative estimate of drug-likeness (QED) is 0.682. The van der Waals surface area contributed by atoms with Crippen LogP contribution in [0.5, 0.6) is 5.75 Å². The maximum absolute atomic E-state index is 12.5. The van der Waals surface area contributed by atoms with Gasteiger partial charge in [-0.2, -0.15) is 0 Å². The van der Waals surface area contributed by atoms with Crippen molar-refractivity contribution < 1.29 is 14.0 Å². The molecule has 0 saturated carbocycles. The molecule has 0 N–H and O–H groups in total. The topological polar surface area (TPSA) is 42.7 Å². The third kappa shape index (κ3) is 1.96. The molecule has 4 nitrogen and oxygen atoms in total. The van der Waals surface area contributed by atoms with Crippen LogP contribution in [0.2, 0.25) is 0 Å². The van der Waals surface area contributed by atoms with E-state index in [0.717, 1.165) is 22.3 Å². The predicted octanol–water partition coefficient (Wildman–Crippen LogP) is 3.93. The first kappa shape index (κ1) is 13.0. The van der Waals surface area contributed by atoms with Gasteiger partial charge >= 0.3 is 0 Å². The largest absolute Gasteiger partial charge is 0.459 e. The van der Waals surface area contributed by atoms with E-state index >= 15 is 0 Å². The molecule has 22 heavy (non-hydrogen) atoms. The third-order valence-corrected chi connectivity index (χ3v) is 3.81.